The molecule has 0 spiro atoms. The van der Waals surface area contributed by atoms with Crippen molar-refractivity contribution in [2.24, 2.45) is 5.41 Å². The number of carbonyl (C=O) groups excluding carboxylic acids is 3. The van der Waals surface area contributed by atoms with Crippen LogP contribution >= 0.6 is 0 Å². The second-order valence-corrected chi connectivity index (χ2v) is 11.0. The number of amides is 3. The lowest BCUT2D eigenvalue weighted by molar-refractivity contribution is -0.168. The topological polar surface area (TPSA) is 117 Å². The number of alkyl halides is 2. The summed E-state index contributed by atoms with van der Waals surface area (Å²) in [7, 11) is 0. The van der Waals surface area contributed by atoms with E-state index in [1.54, 1.807) is 106 Å². The maximum absolute atomic E-state index is 15.3. The van der Waals surface area contributed by atoms with Crippen LogP contribution in [0.3, 0.4) is 0 Å². The van der Waals surface area contributed by atoms with Gasteiger partial charge in [-0.3, -0.25) is 9.59 Å². The molecule has 8 nitrogen and oxygen atoms in total. The minimum Gasteiger partial charge on any atom is -0.445 e. The quantitative estimate of drug-likeness (QED) is 0.254. The molecule has 0 aliphatic carbocycles. The number of hydrogen-bond donors (Lipinski definition) is 4. The average molecular weight is 582 g/mol. The Hall–Kier alpha value is -4.31. The van der Waals surface area contributed by atoms with Crippen LogP contribution < -0.4 is 16.0 Å². The number of ether oxygens (including phenoxy) is 1. The fourth-order valence-corrected chi connectivity index (χ4v) is 4.22. The molecule has 0 aliphatic heterocycles. The first-order valence-corrected chi connectivity index (χ1v) is 13.6. The molecule has 42 heavy (non-hydrogen) atoms. The lowest BCUT2D eigenvalue weighted by Crippen LogP contribution is -2.62. The molecule has 3 amide bonds. The molecular formula is C32H37F2N3O5. The van der Waals surface area contributed by atoms with Crippen molar-refractivity contribution in [3.63, 3.8) is 0 Å². The first kappa shape index (κ1) is 32.2. The van der Waals surface area contributed by atoms with E-state index >= 15 is 8.78 Å². The fraction of sp³-hybridized carbons (Fsp3) is 0.344. The molecule has 0 radical (unpaired) electrons. The van der Waals surface area contributed by atoms with Crippen LogP contribution in [0.2, 0.25) is 0 Å². The van der Waals surface area contributed by atoms with Crippen molar-refractivity contribution in [2.45, 2.75) is 64.5 Å². The van der Waals surface area contributed by atoms with Crippen molar-refractivity contribution >= 4 is 17.9 Å². The number of aliphatic hydroxyl groups is 1. The van der Waals surface area contributed by atoms with Crippen LogP contribution in [0.1, 0.15) is 37.5 Å². The highest BCUT2D eigenvalue weighted by atomic mass is 19.3. The van der Waals surface area contributed by atoms with Gasteiger partial charge in [-0.2, -0.15) is 8.78 Å². The van der Waals surface area contributed by atoms with Gasteiger partial charge >= 0.3 is 12.0 Å². The summed E-state index contributed by atoms with van der Waals surface area (Å²) in [6.07, 6.45) is -3.66. The number of rotatable bonds is 12. The first-order valence-electron chi connectivity index (χ1n) is 13.6. The van der Waals surface area contributed by atoms with Crippen LogP contribution in [0, 0.1) is 5.41 Å². The summed E-state index contributed by atoms with van der Waals surface area (Å²) in [4.78, 5) is 38.6. The number of aliphatic hydroxyl groups excluding tert-OH is 1. The van der Waals surface area contributed by atoms with Crippen molar-refractivity contribution in [1.82, 2.24) is 16.0 Å². The standard InChI is InChI=1S/C32H37F2N3O5/c1-31(2,3)26(37-30(41)42-21-24-17-11-6-12-18-24)28(39)36-25(19-22-13-7-4-8-14-22)27(38)32(33,34)29(40)35-20-23-15-9-5-10-16-23/h4-18,25-27,38H,19-21H2,1-3H3,(H,35,40)(H,36,39)(H,37,41)/t25?,26-,27?/m1/s1. The van der Waals surface area contributed by atoms with Gasteiger partial charge in [-0.15, -0.1) is 0 Å². The second kappa shape index (κ2) is 14.5. The molecule has 2 unspecified atom stereocenters. The van der Waals surface area contributed by atoms with E-state index in [4.69, 9.17) is 4.74 Å². The summed E-state index contributed by atoms with van der Waals surface area (Å²) >= 11 is 0. The van der Waals surface area contributed by atoms with Gasteiger partial charge in [-0.1, -0.05) is 112 Å². The maximum Gasteiger partial charge on any atom is 0.408 e. The molecule has 3 rings (SSSR count). The number of halogens is 2. The van der Waals surface area contributed by atoms with Gasteiger partial charge in [0.1, 0.15) is 18.8 Å². The Labute approximate surface area is 244 Å². The molecule has 0 aromatic heterocycles. The van der Waals surface area contributed by atoms with Crippen LogP contribution in [-0.4, -0.2) is 47.1 Å². The van der Waals surface area contributed by atoms with Crippen molar-refractivity contribution in [2.75, 3.05) is 0 Å². The number of hydrogen-bond acceptors (Lipinski definition) is 5. The van der Waals surface area contributed by atoms with Gasteiger partial charge in [0.25, 0.3) is 5.91 Å². The zero-order valence-corrected chi connectivity index (χ0v) is 23.8. The Bertz CT molecular complexity index is 1300. The summed E-state index contributed by atoms with van der Waals surface area (Å²) in [5.74, 6) is -6.75. The van der Waals surface area contributed by atoms with Crippen molar-refractivity contribution in [3.05, 3.63) is 108 Å². The zero-order valence-electron chi connectivity index (χ0n) is 23.8. The van der Waals surface area contributed by atoms with Gasteiger partial charge in [-0.25, -0.2) is 4.79 Å². The first-order chi connectivity index (χ1) is 19.9. The molecule has 3 aromatic carbocycles. The average Bonchev–Trinajstić information content (AvgIpc) is 2.97. The van der Waals surface area contributed by atoms with Crippen LogP contribution in [-0.2, 0) is 33.9 Å². The summed E-state index contributed by atoms with van der Waals surface area (Å²) < 4.78 is 35.9. The smallest absolute Gasteiger partial charge is 0.408 e. The van der Waals surface area contributed by atoms with E-state index in [0.29, 0.717) is 11.1 Å². The largest absolute Gasteiger partial charge is 0.445 e. The van der Waals surface area contributed by atoms with Crippen molar-refractivity contribution in [1.29, 1.82) is 0 Å². The van der Waals surface area contributed by atoms with E-state index in [1.807, 2.05) is 6.07 Å². The molecule has 3 aromatic rings. The van der Waals surface area contributed by atoms with E-state index in [2.05, 4.69) is 16.0 Å². The Morgan fingerprint density at radius 1 is 0.786 bits per heavy atom. The van der Waals surface area contributed by atoms with Gasteiger partial charge in [0.05, 0.1) is 6.04 Å². The van der Waals surface area contributed by atoms with Crippen molar-refractivity contribution < 1.29 is 33.0 Å². The lowest BCUT2D eigenvalue weighted by atomic mass is 9.85. The predicted octanol–water partition coefficient (Wildman–Crippen LogP) is 4.37. The van der Waals surface area contributed by atoms with Crippen LogP contribution in [0.15, 0.2) is 91.0 Å². The molecule has 0 saturated heterocycles. The summed E-state index contributed by atoms with van der Waals surface area (Å²) in [5, 5.41) is 18.0. The van der Waals surface area contributed by atoms with Crippen LogP contribution in [0.5, 0.6) is 0 Å². The SMILES string of the molecule is CC(C)(C)[C@H](NC(=O)OCc1ccccc1)C(=O)NC(Cc1ccccc1)C(O)C(F)(F)C(=O)NCc1ccccc1. The van der Waals surface area contributed by atoms with Gasteiger partial charge in [-0.05, 0) is 28.5 Å². The second-order valence-electron chi connectivity index (χ2n) is 11.0. The minimum atomic E-state index is -4.25. The zero-order chi connectivity index (χ0) is 30.8. The summed E-state index contributed by atoms with van der Waals surface area (Å²) in [6.45, 7) is 4.85. The van der Waals surface area contributed by atoms with E-state index in [1.165, 1.54) is 0 Å². The van der Waals surface area contributed by atoms with Gasteiger partial charge in [0.15, 0.2) is 0 Å². The van der Waals surface area contributed by atoms with E-state index < -0.39 is 47.4 Å². The minimum absolute atomic E-state index is 0.0369. The third-order valence-corrected chi connectivity index (χ3v) is 6.58. The normalized spacial score (nSPS) is 13.8. The molecule has 10 heteroatoms. The van der Waals surface area contributed by atoms with Gasteiger partial charge in [0, 0.05) is 6.54 Å². The number of benzene rings is 3. The number of nitrogens with one attached hydrogen (secondary N) is 3. The van der Waals surface area contributed by atoms with Gasteiger partial charge in [0.2, 0.25) is 5.91 Å². The maximum atomic E-state index is 15.3. The Morgan fingerprint density at radius 2 is 1.29 bits per heavy atom. The fourth-order valence-electron chi connectivity index (χ4n) is 4.22. The number of alkyl carbamates (subject to hydrolysis) is 1. The number of carbonyl (C=O) groups is 3. The third-order valence-electron chi connectivity index (χ3n) is 6.58. The van der Waals surface area contributed by atoms with E-state index in [9.17, 15) is 19.5 Å². The lowest BCUT2D eigenvalue weighted by Gasteiger charge is -2.34. The van der Waals surface area contributed by atoms with Crippen LogP contribution in [0.25, 0.3) is 0 Å². The molecule has 224 valence electrons. The molecule has 0 fully saturated rings. The highest BCUT2D eigenvalue weighted by Crippen LogP contribution is 2.25. The van der Waals surface area contributed by atoms with E-state index in [0.717, 1.165) is 5.56 Å². The monoisotopic (exact) mass is 581 g/mol. The summed E-state index contributed by atoms with van der Waals surface area (Å²) in [6, 6.07) is 23.1. The Balaban J connectivity index is 1.76. The van der Waals surface area contributed by atoms with Gasteiger partial charge < -0.3 is 25.8 Å². The molecule has 3 atom stereocenters. The molecule has 0 aliphatic rings. The molecule has 0 saturated carbocycles. The molecule has 0 bridgehead atoms. The molecular weight excluding hydrogens is 544 g/mol. The Morgan fingerprint density at radius 3 is 1.81 bits per heavy atom. The molecule has 0 heterocycles. The molecule has 4 N–H and O–H groups in total. The van der Waals surface area contributed by atoms with Crippen LogP contribution in [0.4, 0.5) is 13.6 Å². The highest BCUT2D eigenvalue weighted by Gasteiger charge is 2.51. The third kappa shape index (κ3) is 9.37. The van der Waals surface area contributed by atoms with E-state index in [-0.39, 0.29) is 19.6 Å². The van der Waals surface area contributed by atoms with Crippen molar-refractivity contribution in [3.8, 4) is 0 Å². The predicted molar refractivity (Wildman–Crippen MR) is 154 cm³/mol. The highest BCUT2D eigenvalue weighted by molar-refractivity contribution is 5.87. The Kier molecular flexibility index (Phi) is 11.2. The summed E-state index contributed by atoms with van der Waals surface area (Å²) in [5.41, 5.74) is 1.02.